The van der Waals surface area contributed by atoms with Gasteiger partial charge in [-0.3, -0.25) is 4.90 Å². The molecule has 73 heavy (non-hydrogen) atoms. The van der Waals surface area contributed by atoms with Gasteiger partial charge in [0.25, 0.3) is 0 Å². The number of halogens is 1. The maximum Gasteiger partial charge on any atom is 0.412 e. The lowest BCUT2D eigenvalue weighted by Gasteiger charge is -2.59. The van der Waals surface area contributed by atoms with Crippen LogP contribution in [0.4, 0.5) is 14.0 Å². The Morgan fingerprint density at radius 2 is 1.48 bits per heavy atom. The molecule has 14 heteroatoms. The van der Waals surface area contributed by atoms with E-state index in [0.717, 1.165) is 40.7 Å². The Hall–Kier alpha value is -6.84. The number of nitrogens with zero attached hydrogens (tertiary/aromatic N) is 2. The van der Waals surface area contributed by atoms with Crippen molar-refractivity contribution in [1.29, 1.82) is 0 Å². The van der Waals surface area contributed by atoms with Crippen molar-refractivity contribution in [2.75, 3.05) is 33.0 Å². The molecule has 5 aromatic rings. The van der Waals surface area contributed by atoms with Crippen LogP contribution in [-0.4, -0.2) is 77.9 Å². The number of hydrogen-bond donors (Lipinski definition) is 3. The van der Waals surface area contributed by atoms with E-state index < -0.39 is 41.7 Å². The van der Waals surface area contributed by atoms with Crippen LogP contribution in [0.3, 0.4) is 0 Å². The third kappa shape index (κ3) is 13.4. The van der Waals surface area contributed by atoms with Gasteiger partial charge in [0.05, 0.1) is 31.5 Å². The number of nitrogens with one attached hydrogen (secondary N) is 1. The lowest BCUT2D eigenvalue weighted by molar-refractivity contribution is -0.256. The normalized spacial score (nSPS) is 21.2. The van der Waals surface area contributed by atoms with E-state index in [9.17, 15) is 19.4 Å². The predicted molar refractivity (Wildman–Crippen MR) is 275 cm³/mol. The van der Waals surface area contributed by atoms with Gasteiger partial charge in [-0.1, -0.05) is 133 Å². The molecule has 2 aliphatic carbocycles. The lowest BCUT2D eigenvalue weighted by Crippen LogP contribution is -2.70. The van der Waals surface area contributed by atoms with Crippen LogP contribution in [0.5, 0.6) is 11.5 Å². The standard InChI is InChI=1S/C59H66FN3O10/c1-2-32-70-59-54(63(39-43-24-26-47(60)27-25-43)58(67)69-34-33-68-40-44-18-8-4-9-19-44)37-52(62-71-41-45-20-10-5-11-21-45)50-35-46(22-12-14-30-64)49(23-13-15-31-65)55(56(50)59)51-36-48(28-29-53(51)73-59)72-57(66)61-38-42-16-6-3-7-17-42/h2-11,16-21,24-29,35-36,46,49,54-56,64-65H,1,12-15,22-23,30-34,37-41H2,(H,61,66). The van der Waals surface area contributed by atoms with Crippen LogP contribution in [0.15, 0.2) is 163 Å². The van der Waals surface area contributed by atoms with E-state index in [0.29, 0.717) is 55.1 Å². The molecule has 5 aromatic carbocycles. The Morgan fingerprint density at radius 3 is 2.16 bits per heavy atom. The Morgan fingerprint density at radius 1 is 0.808 bits per heavy atom. The van der Waals surface area contributed by atoms with Crippen molar-refractivity contribution in [1.82, 2.24) is 10.2 Å². The molecule has 6 atom stereocenters. The lowest BCUT2D eigenvalue weighted by atomic mass is 9.55. The largest absolute Gasteiger partial charge is 0.459 e. The first kappa shape index (κ1) is 52.5. The van der Waals surface area contributed by atoms with Gasteiger partial charge in [0.2, 0.25) is 5.79 Å². The fourth-order valence-electron chi connectivity index (χ4n) is 10.5. The summed E-state index contributed by atoms with van der Waals surface area (Å²) >= 11 is 0. The van der Waals surface area contributed by atoms with Crippen LogP contribution in [0, 0.1) is 23.6 Å². The minimum atomic E-state index is -1.63. The summed E-state index contributed by atoms with van der Waals surface area (Å²) in [6.07, 6.45) is 6.77. The highest BCUT2D eigenvalue weighted by Gasteiger charge is 2.65. The van der Waals surface area contributed by atoms with E-state index in [1.165, 1.54) is 12.1 Å². The predicted octanol–water partition coefficient (Wildman–Crippen LogP) is 10.8. The minimum Gasteiger partial charge on any atom is -0.459 e. The molecule has 0 bridgehead atoms. The van der Waals surface area contributed by atoms with Gasteiger partial charge < -0.3 is 44.1 Å². The zero-order valence-corrected chi connectivity index (χ0v) is 41.2. The Bertz CT molecular complexity index is 2620. The van der Waals surface area contributed by atoms with Crippen LogP contribution < -0.4 is 14.8 Å². The van der Waals surface area contributed by atoms with E-state index >= 15 is 4.79 Å². The number of carbonyl (C=O) groups excluding carboxylic acids is 2. The van der Waals surface area contributed by atoms with Gasteiger partial charge in [0.1, 0.15) is 36.6 Å². The molecule has 0 saturated heterocycles. The highest BCUT2D eigenvalue weighted by atomic mass is 19.1. The minimum absolute atomic E-state index is 0.0206. The second-order valence-corrected chi connectivity index (χ2v) is 18.7. The maximum atomic E-state index is 15.0. The van der Waals surface area contributed by atoms with Crippen molar-refractivity contribution >= 4 is 17.9 Å². The third-order valence-electron chi connectivity index (χ3n) is 13.8. The molecule has 1 fully saturated rings. The first-order chi connectivity index (χ1) is 35.8. The number of oxime groups is 1. The van der Waals surface area contributed by atoms with Gasteiger partial charge in [-0.15, -0.1) is 6.58 Å². The number of fused-ring (bicyclic) bond motifs is 2. The van der Waals surface area contributed by atoms with Crippen molar-refractivity contribution in [3.05, 3.63) is 191 Å². The number of unbranched alkanes of at least 4 members (excludes halogenated alkanes) is 2. The molecule has 0 aromatic heterocycles. The summed E-state index contributed by atoms with van der Waals surface area (Å²) in [4.78, 5) is 36.3. The van der Waals surface area contributed by atoms with Crippen molar-refractivity contribution in [2.24, 2.45) is 22.9 Å². The number of allylic oxidation sites excluding steroid dienone is 1. The van der Waals surface area contributed by atoms with Crippen LogP contribution in [0.2, 0.25) is 0 Å². The average Bonchev–Trinajstić information content (AvgIpc) is 3.41. The molecule has 8 rings (SSSR count). The number of ether oxygens (including phenoxy) is 5. The molecule has 1 heterocycles. The molecule has 3 N–H and O–H groups in total. The monoisotopic (exact) mass is 995 g/mol. The fraction of sp³-hybridized carbons (Fsp3) is 0.373. The quantitative estimate of drug-likeness (QED) is 0.0292. The summed E-state index contributed by atoms with van der Waals surface area (Å²) in [5.41, 5.74) is 5.62. The average molecular weight is 996 g/mol. The zero-order valence-electron chi connectivity index (χ0n) is 41.2. The van der Waals surface area contributed by atoms with Gasteiger partial charge in [-0.05, 0) is 95.7 Å². The number of rotatable bonds is 25. The maximum absolute atomic E-state index is 15.0. The first-order valence-electron chi connectivity index (χ1n) is 25.3. The van der Waals surface area contributed by atoms with E-state index in [1.54, 1.807) is 35.2 Å². The smallest absolute Gasteiger partial charge is 0.412 e. The Kier molecular flexibility index (Phi) is 18.8. The Labute approximate surface area is 427 Å². The molecule has 3 aliphatic rings. The molecule has 6 unspecified atom stereocenters. The number of benzene rings is 5. The SMILES string of the molecule is C=CCOC12Oc3ccc(OC(=O)NCc4ccccc4)cc3C3C(CCCCO)C(CCCCO)C=C(C(=NOCc4ccccc4)CC1N(Cc1ccc(F)cc1)C(=O)OCCOCc1ccccc1)C32. The number of hydrogen-bond acceptors (Lipinski definition) is 11. The molecular formula is C59H66FN3O10. The summed E-state index contributed by atoms with van der Waals surface area (Å²) in [5, 5.41) is 27.9. The fourth-order valence-corrected chi connectivity index (χ4v) is 10.5. The van der Waals surface area contributed by atoms with E-state index in [2.05, 4.69) is 18.0 Å². The van der Waals surface area contributed by atoms with E-state index in [-0.39, 0.29) is 71.0 Å². The van der Waals surface area contributed by atoms with Crippen molar-refractivity contribution in [3.63, 3.8) is 0 Å². The van der Waals surface area contributed by atoms with Crippen molar-refractivity contribution in [2.45, 2.75) is 89.0 Å². The van der Waals surface area contributed by atoms with Gasteiger partial charge in [-0.2, -0.15) is 0 Å². The second-order valence-electron chi connectivity index (χ2n) is 18.7. The topological polar surface area (TPSA) is 158 Å². The highest BCUT2D eigenvalue weighted by molar-refractivity contribution is 6.03. The number of aliphatic hydroxyl groups excluding tert-OH is 2. The van der Waals surface area contributed by atoms with Crippen molar-refractivity contribution in [3.8, 4) is 11.5 Å². The summed E-state index contributed by atoms with van der Waals surface area (Å²) in [7, 11) is 0. The third-order valence-corrected chi connectivity index (χ3v) is 13.8. The molecule has 0 spiro atoms. The van der Waals surface area contributed by atoms with E-state index in [4.69, 9.17) is 33.7 Å². The molecule has 384 valence electrons. The molecule has 1 saturated carbocycles. The molecule has 13 nitrogen and oxygen atoms in total. The number of amides is 2. The summed E-state index contributed by atoms with van der Waals surface area (Å²) in [6.45, 7) is 4.96. The van der Waals surface area contributed by atoms with Gasteiger partial charge in [0.15, 0.2) is 0 Å². The van der Waals surface area contributed by atoms with Crippen LogP contribution in [0.1, 0.15) is 78.7 Å². The summed E-state index contributed by atoms with van der Waals surface area (Å²) in [6, 6.07) is 39.3. The highest BCUT2D eigenvalue weighted by Crippen LogP contribution is 2.62. The van der Waals surface area contributed by atoms with Crippen LogP contribution in [0.25, 0.3) is 0 Å². The molecule has 0 radical (unpaired) electrons. The zero-order chi connectivity index (χ0) is 50.8. The Balaban J connectivity index is 1.25. The van der Waals surface area contributed by atoms with Gasteiger partial charge >= 0.3 is 12.2 Å². The molecule has 1 aliphatic heterocycles. The van der Waals surface area contributed by atoms with Gasteiger partial charge in [0, 0.05) is 44.2 Å². The summed E-state index contributed by atoms with van der Waals surface area (Å²) in [5.74, 6) is -2.48. The molecule has 2 amide bonds. The van der Waals surface area contributed by atoms with Crippen molar-refractivity contribution < 1.29 is 52.7 Å². The molecular weight excluding hydrogens is 930 g/mol. The van der Waals surface area contributed by atoms with E-state index in [1.807, 2.05) is 97.1 Å². The second kappa shape index (κ2) is 26.2. The van der Waals surface area contributed by atoms with Crippen LogP contribution >= 0.6 is 0 Å². The number of aliphatic hydroxyl groups is 2. The number of carbonyl (C=O) groups is 2. The first-order valence-corrected chi connectivity index (χ1v) is 25.3. The summed E-state index contributed by atoms with van der Waals surface area (Å²) < 4.78 is 47.0. The van der Waals surface area contributed by atoms with Crippen LogP contribution in [-0.2, 0) is 45.4 Å². The van der Waals surface area contributed by atoms with Gasteiger partial charge in [-0.25, -0.2) is 14.0 Å².